The fourth-order valence-electron chi connectivity index (χ4n) is 3.78. The lowest BCUT2D eigenvalue weighted by molar-refractivity contribution is -0.281. The second-order valence-electron chi connectivity index (χ2n) is 7.71. The number of hydrogen-bond donors (Lipinski definition) is 2. The van der Waals surface area contributed by atoms with Gasteiger partial charge in [-0.1, -0.05) is 6.92 Å². The SMILES string of the molecule is CC(=O)NC[C@H]1CN(c2ccc(N3CC[C@@](O)(C(F)(F)F)[C@@H](C)C3)c(F)c2)C(=O)O1. The van der Waals surface area contributed by atoms with Crippen LogP contribution in [0.3, 0.4) is 0 Å². The van der Waals surface area contributed by atoms with E-state index in [1.807, 2.05) is 0 Å². The highest BCUT2D eigenvalue weighted by molar-refractivity contribution is 5.90. The molecule has 2 aliphatic rings. The number of anilines is 2. The number of alkyl halides is 3. The number of ether oxygens (including phenoxy) is 1. The minimum atomic E-state index is -4.76. The van der Waals surface area contributed by atoms with E-state index in [0.717, 1.165) is 6.07 Å². The highest BCUT2D eigenvalue weighted by Crippen LogP contribution is 2.43. The third-order valence-electron chi connectivity index (χ3n) is 5.60. The Kier molecular flexibility index (Phi) is 5.85. The van der Waals surface area contributed by atoms with Crippen LogP contribution >= 0.6 is 0 Å². The first-order valence-corrected chi connectivity index (χ1v) is 9.48. The summed E-state index contributed by atoms with van der Waals surface area (Å²) in [5.41, 5.74) is -2.47. The maximum atomic E-state index is 14.8. The standard InChI is InChI=1S/C19H23F4N3O4/c1-11-9-25(6-5-18(11,29)19(21,22)23)16-4-3-13(7-15(16)20)26-10-14(30-17(26)28)8-24-12(2)27/h3-4,7,11,14,29H,5-6,8-10H2,1-2H3,(H,24,27)/t11-,14-,18-/m0/s1. The lowest BCUT2D eigenvalue weighted by atomic mass is 9.81. The number of carbonyl (C=O) groups excluding carboxylic acids is 2. The molecular formula is C19H23F4N3O4. The van der Waals surface area contributed by atoms with Crippen LogP contribution in [-0.4, -0.2) is 61.2 Å². The van der Waals surface area contributed by atoms with E-state index in [-0.39, 0.29) is 43.5 Å². The lowest BCUT2D eigenvalue weighted by Gasteiger charge is -2.44. The quantitative estimate of drug-likeness (QED) is 0.713. The summed E-state index contributed by atoms with van der Waals surface area (Å²) in [4.78, 5) is 25.7. The predicted molar refractivity (Wildman–Crippen MR) is 99.7 cm³/mol. The molecule has 166 valence electrons. The zero-order chi connectivity index (χ0) is 22.3. The first-order valence-electron chi connectivity index (χ1n) is 9.48. The molecule has 1 aromatic rings. The normalized spacial score (nSPS) is 27.2. The summed E-state index contributed by atoms with van der Waals surface area (Å²) in [6.45, 7) is 2.53. The van der Waals surface area contributed by atoms with E-state index in [2.05, 4.69) is 5.32 Å². The van der Waals surface area contributed by atoms with Gasteiger partial charge in [0.2, 0.25) is 5.91 Å². The molecule has 0 aromatic heterocycles. The molecule has 2 amide bonds. The summed E-state index contributed by atoms with van der Waals surface area (Å²) in [6, 6.07) is 3.99. The second kappa shape index (κ2) is 7.93. The zero-order valence-electron chi connectivity index (χ0n) is 16.5. The first kappa shape index (κ1) is 22.1. The second-order valence-corrected chi connectivity index (χ2v) is 7.71. The average Bonchev–Trinajstić information content (AvgIpc) is 3.02. The van der Waals surface area contributed by atoms with E-state index in [4.69, 9.17) is 4.74 Å². The molecule has 0 aliphatic carbocycles. The number of amides is 2. The van der Waals surface area contributed by atoms with Gasteiger partial charge in [0.1, 0.15) is 11.9 Å². The number of piperidine rings is 1. The molecule has 0 unspecified atom stereocenters. The Morgan fingerprint density at radius 1 is 1.37 bits per heavy atom. The molecule has 0 saturated carbocycles. The third kappa shape index (κ3) is 4.16. The van der Waals surface area contributed by atoms with Crippen molar-refractivity contribution in [3.05, 3.63) is 24.0 Å². The average molecular weight is 433 g/mol. The highest BCUT2D eigenvalue weighted by Gasteiger charge is 2.58. The van der Waals surface area contributed by atoms with Crippen molar-refractivity contribution in [2.24, 2.45) is 5.92 Å². The van der Waals surface area contributed by atoms with Gasteiger partial charge < -0.3 is 20.1 Å². The monoisotopic (exact) mass is 433 g/mol. The summed E-state index contributed by atoms with van der Waals surface area (Å²) in [7, 11) is 0. The van der Waals surface area contributed by atoms with Gasteiger partial charge in [0.05, 0.1) is 24.5 Å². The number of cyclic esters (lactones) is 1. The van der Waals surface area contributed by atoms with Gasteiger partial charge in [-0.2, -0.15) is 13.2 Å². The van der Waals surface area contributed by atoms with Crippen molar-refractivity contribution in [1.82, 2.24) is 5.32 Å². The number of nitrogens with zero attached hydrogens (tertiary/aromatic N) is 2. The van der Waals surface area contributed by atoms with Crippen LogP contribution in [0.1, 0.15) is 20.3 Å². The van der Waals surface area contributed by atoms with Crippen LogP contribution in [0.2, 0.25) is 0 Å². The molecule has 30 heavy (non-hydrogen) atoms. The molecule has 11 heteroatoms. The van der Waals surface area contributed by atoms with Crippen molar-refractivity contribution in [3.63, 3.8) is 0 Å². The summed E-state index contributed by atoms with van der Waals surface area (Å²) in [6.07, 6.45) is -6.58. The molecule has 3 rings (SSSR count). The summed E-state index contributed by atoms with van der Waals surface area (Å²) in [5.74, 6) is -2.11. The molecular weight excluding hydrogens is 410 g/mol. The largest absolute Gasteiger partial charge is 0.442 e. The third-order valence-corrected chi connectivity index (χ3v) is 5.60. The number of carbonyl (C=O) groups is 2. The van der Waals surface area contributed by atoms with Gasteiger partial charge in [-0.3, -0.25) is 9.69 Å². The molecule has 2 heterocycles. The summed E-state index contributed by atoms with van der Waals surface area (Å²) >= 11 is 0. The van der Waals surface area contributed by atoms with E-state index in [1.165, 1.54) is 35.8 Å². The van der Waals surface area contributed by atoms with Crippen LogP contribution in [0.5, 0.6) is 0 Å². The van der Waals surface area contributed by atoms with Crippen molar-refractivity contribution in [2.75, 3.05) is 36.0 Å². The highest BCUT2D eigenvalue weighted by atomic mass is 19.4. The van der Waals surface area contributed by atoms with E-state index in [1.54, 1.807) is 0 Å². The maximum Gasteiger partial charge on any atom is 0.417 e. The van der Waals surface area contributed by atoms with Gasteiger partial charge in [-0.25, -0.2) is 9.18 Å². The van der Waals surface area contributed by atoms with Gasteiger partial charge in [0.15, 0.2) is 5.60 Å². The number of hydrogen-bond acceptors (Lipinski definition) is 5. The first-order chi connectivity index (χ1) is 13.9. The number of halogens is 4. The van der Waals surface area contributed by atoms with Gasteiger partial charge in [-0.05, 0) is 18.2 Å². The predicted octanol–water partition coefficient (Wildman–Crippen LogP) is 2.43. The fourth-order valence-corrected chi connectivity index (χ4v) is 3.78. The Labute approximate surface area is 170 Å². The van der Waals surface area contributed by atoms with Gasteiger partial charge in [0, 0.05) is 32.4 Å². The van der Waals surface area contributed by atoms with Gasteiger partial charge in [0.25, 0.3) is 0 Å². The van der Waals surface area contributed by atoms with Crippen molar-refractivity contribution >= 4 is 23.4 Å². The molecule has 0 spiro atoms. The van der Waals surface area contributed by atoms with E-state index in [0.29, 0.717) is 0 Å². The Bertz CT molecular complexity index is 834. The van der Waals surface area contributed by atoms with Crippen molar-refractivity contribution in [3.8, 4) is 0 Å². The minimum Gasteiger partial charge on any atom is -0.442 e. The van der Waals surface area contributed by atoms with Crippen LogP contribution in [0.25, 0.3) is 0 Å². The van der Waals surface area contributed by atoms with Crippen LogP contribution < -0.4 is 15.1 Å². The number of benzene rings is 1. The number of nitrogens with one attached hydrogen (secondary N) is 1. The Morgan fingerprint density at radius 2 is 2.07 bits per heavy atom. The van der Waals surface area contributed by atoms with Crippen molar-refractivity contribution < 1.29 is 37.0 Å². The summed E-state index contributed by atoms with van der Waals surface area (Å²) in [5, 5.41) is 12.5. The molecule has 2 N–H and O–H groups in total. The molecule has 2 fully saturated rings. The van der Waals surface area contributed by atoms with Crippen molar-refractivity contribution in [1.29, 1.82) is 0 Å². The van der Waals surface area contributed by atoms with Gasteiger partial charge >= 0.3 is 12.3 Å². The van der Waals surface area contributed by atoms with Gasteiger partial charge in [-0.15, -0.1) is 0 Å². The van der Waals surface area contributed by atoms with Crippen LogP contribution in [0.4, 0.5) is 33.7 Å². The molecule has 0 bridgehead atoms. The van der Waals surface area contributed by atoms with E-state index < -0.39 is 42.1 Å². The Balaban J connectivity index is 1.71. The molecule has 2 aliphatic heterocycles. The van der Waals surface area contributed by atoms with Crippen molar-refractivity contribution in [2.45, 2.75) is 38.1 Å². The number of aliphatic hydroxyl groups is 1. The fraction of sp³-hybridized carbons (Fsp3) is 0.579. The molecule has 0 radical (unpaired) electrons. The van der Waals surface area contributed by atoms with E-state index in [9.17, 15) is 32.3 Å². The Morgan fingerprint density at radius 3 is 2.63 bits per heavy atom. The molecule has 7 nitrogen and oxygen atoms in total. The topological polar surface area (TPSA) is 82.1 Å². The van der Waals surface area contributed by atoms with Crippen LogP contribution in [-0.2, 0) is 9.53 Å². The molecule has 1 aromatic carbocycles. The lowest BCUT2D eigenvalue weighted by Crippen LogP contribution is -2.59. The zero-order valence-corrected chi connectivity index (χ0v) is 16.5. The van der Waals surface area contributed by atoms with E-state index >= 15 is 0 Å². The minimum absolute atomic E-state index is 0.0946. The van der Waals surface area contributed by atoms with Crippen LogP contribution in [0.15, 0.2) is 18.2 Å². The smallest absolute Gasteiger partial charge is 0.417 e. The summed E-state index contributed by atoms with van der Waals surface area (Å²) < 4.78 is 59.4. The molecule has 2 saturated heterocycles. The molecule has 3 atom stereocenters. The Hall–Kier alpha value is -2.56. The number of rotatable bonds is 4. The van der Waals surface area contributed by atoms with Crippen LogP contribution in [0, 0.1) is 11.7 Å². The maximum absolute atomic E-state index is 14.8.